The van der Waals surface area contributed by atoms with Gasteiger partial charge in [0.25, 0.3) is 11.8 Å². The SMILES string of the molecule is C.CC1(C)OB(/C=C/c2cc(Br)ccc2O)OC1(C)C.CC1(C)OB(CB2OC(C)(C)C(C)(C)O2)OC1(C)C.O=Cc1cc(Br)ccc1O.OB1C=Cc2cc(Br)ccc2O1.PPPPPP.[C-]#[N+][C@H]1CCOCC1n1cc(C(N)=O)c(N)n1.[C-]#[N+][C@H]1CCOC[C@@H]1n1cc(C(N)=O)c(Nc2ccc3c(c2)C=CB(O)O3)n1.[Ir].[Y].[Y].[Y]. The van der Waals surface area contributed by atoms with Crippen LogP contribution in [0.5, 0.6) is 23.0 Å². The van der Waals surface area contributed by atoms with Crippen molar-refractivity contribution in [3.8, 4) is 23.0 Å². The second-order valence-electron chi connectivity index (χ2n) is 28.7. The van der Waals surface area contributed by atoms with E-state index in [1.807, 2.05) is 76.2 Å². The number of rotatable bonds is 14. The first-order valence-electron chi connectivity index (χ1n) is 34.9. The monoisotopic (exact) mass is 2300 g/mol. The molecule has 45 heteroatoms. The molecule has 7 aliphatic rings. The van der Waals surface area contributed by atoms with Crippen LogP contribution in [0.15, 0.2) is 117 Å². The van der Waals surface area contributed by atoms with Gasteiger partial charge in [0.05, 0.1) is 65.6 Å². The third-order valence-corrected chi connectivity index (χ3v) is 37.3. The molecule has 7 aliphatic heterocycles. The number of anilines is 3. The predicted molar refractivity (Wildman–Crippen MR) is 473 cm³/mol. The molecule has 11 N–H and O–H groups in total. The van der Waals surface area contributed by atoms with Gasteiger partial charge in [-0.3, -0.25) is 23.7 Å². The number of nitrogen functional groups attached to an aromatic ring is 1. The molecule has 4 radical (unpaired) electrons. The van der Waals surface area contributed by atoms with Crippen molar-refractivity contribution >= 4 is 187 Å². The number of aromatic nitrogens is 4. The summed E-state index contributed by atoms with van der Waals surface area (Å²) in [7, 11) is 7.50. The van der Waals surface area contributed by atoms with E-state index in [2.05, 4.69) is 146 Å². The van der Waals surface area contributed by atoms with Gasteiger partial charge in [-0.25, -0.2) is 13.1 Å². The molecule has 27 nitrogen and oxygen atoms in total. The molecule has 9 heterocycles. The molecule has 618 valence electrons. The van der Waals surface area contributed by atoms with Crippen LogP contribution in [0.4, 0.5) is 17.3 Å². The number of aldehydes is 1. The minimum atomic E-state index is -0.962. The number of nitrogens with two attached hydrogens (primary N) is 3. The van der Waals surface area contributed by atoms with E-state index < -0.39 is 33.2 Å². The van der Waals surface area contributed by atoms with Gasteiger partial charge in [0, 0.05) is 185 Å². The molecule has 6 aromatic rings. The Labute approximate surface area is 808 Å². The normalized spacial score (nSPS) is 20.2. The predicted octanol–water partition coefficient (Wildman–Crippen LogP) is 15.2. The first kappa shape index (κ1) is 111. The Hall–Kier alpha value is -1.18. The third kappa shape index (κ3) is 32.0. The summed E-state index contributed by atoms with van der Waals surface area (Å²) < 4.78 is 62.7. The van der Waals surface area contributed by atoms with E-state index in [9.17, 15) is 24.5 Å². The number of phenols is 2. The molecule has 4 aromatic carbocycles. The Balaban J connectivity index is 0.000000472. The summed E-state index contributed by atoms with van der Waals surface area (Å²) in [4.78, 5) is 40.4. The second kappa shape index (κ2) is 50.8. The molecule has 0 aliphatic carbocycles. The number of benzene rings is 4. The van der Waals surface area contributed by atoms with Gasteiger partial charge < -0.3 is 99.2 Å². The maximum Gasteiger partial charge on any atom is 0.552 e. The van der Waals surface area contributed by atoms with Crippen molar-refractivity contribution in [1.82, 2.24) is 19.6 Å². The van der Waals surface area contributed by atoms with Crippen molar-refractivity contribution in [1.29, 1.82) is 0 Å². The van der Waals surface area contributed by atoms with E-state index in [0.29, 0.717) is 80.3 Å². The summed E-state index contributed by atoms with van der Waals surface area (Å²) in [6.07, 6.45) is 10.9. The molecule has 5 saturated heterocycles. The van der Waals surface area contributed by atoms with Gasteiger partial charge in [0.2, 0.25) is 12.1 Å². The van der Waals surface area contributed by atoms with Crippen LogP contribution in [-0.4, -0.2) is 166 Å². The molecule has 0 saturated carbocycles. The zero-order valence-electron chi connectivity index (χ0n) is 65.6. The van der Waals surface area contributed by atoms with E-state index in [-0.39, 0.29) is 226 Å². The maximum atomic E-state index is 11.9. The van der Waals surface area contributed by atoms with Crippen LogP contribution in [0.2, 0.25) is 6.22 Å². The van der Waals surface area contributed by atoms with Crippen LogP contribution >= 0.6 is 97.5 Å². The Bertz CT molecular complexity index is 4330. The van der Waals surface area contributed by atoms with Crippen molar-refractivity contribution in [2.45, 2.75) is 167 Å². The summed E-state index contributed by atoms with van der Waals surface area (Å²) in [6, 6.07) is 19.9. The zero-order chi connectivity index (χ0) is 82.0. The van der Waals surface area contributed by atoms with E-state index in [0.717, 1.165) is 46.0 Å². The number of primary amides is 2. The molecule has 5 fully saturated rings. The van der Waals surface area contributed by atoms with Crippen LogP contribution in [0.25, 0.3) is 27.9 Å². The number of phenolic OH excluding ortho intramolecular Hbond substituents is 2. The average molecular weight is 2300 g/mol. The van der Waals surface area contributed by atoms with E-state index in [4.69, 9.17) is 87.2 Å². The molecule has 13 rings (SSSR count). The fraction of sp³-hybridized carbons (Fsp3) is 0.423. The number of nitrogens with zero attached hydrogens (tertiary/aromatic N) is 6. The van der Waals surface area contributed by atoms with Crippen molar-refractivity contribution in [3.05, 3.63) is 173 Å². The summed E-state index contributed by atoms with van der Waals surface area (Å²) in [5.74, 6) is 5.63. The number of carbonyl (C=O) groups excluding carboxylic acids is 3. The van der Waals surface area contributed by atoms with Crippen LogP contribution in [0.3, 0.4) is 0 Å². The fourth-order valence-corrected chi connectivity index (χ4v) is 29.7. The minimum absolute atomic E-state index is 0. The molecule has 0 spiro atoms. The van der Waals surface area contributed by atoms with Gasteiger partial charge in [0.15, 0.2) is 17.9 Å². The smallest absolute Gasteiger partial charge is 0.532 e. The van der Waals surface area contributed by atoms with Crippen LogP contribution in [0.1, 0.15) is 163 Å². The van der Waals surface area contributed by atoms with Gasteiger partial charge in [-0.05, 0) is 168 Å². The number of hydrogen-bond acceptors (Lipinski definition) is 21. The average Bonchev–Trinajstić information content (AvgIpc) is 1.63. The first-order chi connectivity index (χ1) is 52.2. The van der Waals surface area contributed by atoms with E-state index in [1.54, 1.807) is 59.3 Å². The molecule has 2 amide bonds. The Morgan fingerprint density at radius 1 is 0.621 bits per heavy atom. The van der Waals surface area contributed by atoms with Gasteiger partial charge in [0.1, 0.15) is 46.2 Å². The van der Waals surface area contributed by atoms with E-state index >= 15 is 0 Å². The quantitative estimate of drug-likeness (QED) is 0.0165. The number of halogens is 3. The molecule has 2 aromatic heterocycles. The van der Waals surface area contributed by atoms with Crippen molar-refractivity contribution in [3.63, 3.8) is 0 Å². The topological polar surface area (TPSA) is 359 Å². The molecule has 116 heavy (non-hydrogen) atoms. The number of ether oxygens (including phenoxy) is 2. The number of aromatic hydroxyl groups is 2. The van der Waals surface area contributed by atoms with Crippen molar-refractivity contribution in [2.24, 2.45) is 11.5 Å². The summed E-state index contributed by atoms with van der Waals surface area (Å²) >= 11 is 9.90. The molecule has 0 bridgehead atoms. The number of amides is 2. The fourth-order valence-electron chi connectivity index (χ4n) is 11.1. The minimum Gasteiger partial charge on any atom is -0.532 e. The maximum absolute atomic E-state index is 11.9. The second-order valence-corrected chi connectivity index (χ2v) is 45.5. The molecular weight excluding hydrogens is 2200 g/mol. The standard InChI is InChI=1S/C18H18BN5O4.C14H18BBrO3.C13H26B2O4.C10H13N5O2.C8H6BBrO2.C7H5BrO2.CH4.Ir.H8P6.3Y/c1-21-14-5-7-27-10-15(14)24-9-13(17(20)25)18(23-24)22-12-2-3-16-11(8-12)4-6-19(26)28-16;1-13(2)14(3,4)19-15(18-13)8-7-10-9-11(16)5-6-12(10)17;1-10(2)11(3,4)17-14(16-10)9-15-18-12(5,6)13(7,8)19-15;1-13-7-2-3-17-5-8(7)15-4-6(10(12)16)9(11)14-15;10-7-1-2-8-6(5-7)3-4-9(11)12-8;8-6-1-2-7(10)5(3-6)4-9;;;1-3-5-6-4-2;;;/h2-4,6,8-9,14-15,26H,5,7,10H2,(H2,20,25)(H,22,23);5-9,17H,1-4H3;9H2,1-8H3;4,7-8H,2-3,5H2,(H2,11,14)(H2,12,16);1-5,11H;1-4,10H;1H4;;3-6H,1-2H2;;;/b;8-7+;;;;;;;;;;/t14-,15-;;;7-,8?;;;;;;;;/m0..0......../s1. The first-order valence-corrected chi connectivity index (χ1v) is 47.9. The van der Waals surface area contributed by atoms with Gasteiger partial charge in [-0.2, -0.15) is 10.2 Å². The zero-order valence-corrected chi connectivity index (χ0v) is 87.6. The number of hydrogen-bond donors (Lipinski definition) is 8. The summed E-state index contributed by atoms with van der Waals surface area (Å²) in [6.45, 7) is 40.8. The van der Waals surface area contributed by atoms with Gasteiger partial charge in [-0.1, -0.05) is 111 Å². The molecule has 7 unspecified atom stereocenters. The largest absolute Gasteiger partial charge is 0.552 e. The molecular formula is C71H98B5Br3IrN10O17P6Y3. The number of fused-ring (bicyclic) bond motifs is 2. The Kier molecular flexibility index (Phi) is 48.6. The van der Waals surface area contributed by atoms with E-state index in [1.165, 1.54) is 38.8 Å². The number of nitrogens with one attached hydrogen (secondary N) is 1. The molecule has 10 atom stereocenters. The van der Waals surface area contributed by atoms with Crippen LogP contribution < -0.4 is 31.8 Å². The Morgan fingerprint density at radius 3 is 1.44 bits per heavy atom. The third-order valence-electron chi connectivity index (χ3n) is 19.2. The number of carbonyl (C=O) groups is 3. The Morgan fingerprint density at radius 2 is 1.02 bits per heavy atom. The van der Waals surface area contributed by atoms with Crippen molar-refractivity contribution in [2.75, 3.05) is 37.5 Å². The summed E-state index contributed by atoms with van der Waals surface area (Å²) in [5.41, 5.74) is 18.2. The van der Waals surface area contributed by atoms with Crippen LogP contribution in [0, 0.1) is 13.1 Å². The van der Waals surface area contributed by atoms with Gasteiger partial charge >= 0.3 is 35.6 Å². The van der Waals surface area contributed by atoms with Crippen molar-refractivity contribution < 1.29 is 200 Å². The van der Waals surface area contributed by atoms with Gasteiger partial charge in [-0.15, -0.1) is 17.9 Å². The van der Waals surface area contributed by atoms with Crippen LogP contribution in [-0.2, 0) is 156 Å². The summed E-state index contributed by atoms with van der Waals surface area (Å²) in [5, 5.41) is 48.9.